The molecule has 0 bridgehead atoms. The van der Waals surface area contributed by atoms with Crippen molar-refractivity contribution in [3.63, 3.8) is 0 Å². The number of primary amides is 2. The van der Waals surface area contributed by atoms with Crippen LogP contribution < -0.4 is 58.2 Å². The second-order valence-electron chi connectivity index (χ2n) is 11.1. The number of carboxylic acids is 2. The molecular weight excluding hydrogens is 761 g/mol. The first kappa shape index (κ1) is 89.3. The summed E-state index contributed by atoms with van der Waals surface area (Å²) in [6.07, 6.45) is 2.25. The van der Waals surface area contributed by atoms with E-state index in [2.05, 4.69) is 32.0 Å². The minimum Gasteiger partial charge on any atom is -0.870 e. The molecule has 0 aliphatic rings. The van der Waals surface area contributed by atoms with Crippen LogP contribution in [0.5, 0.6) is 0 Å². The predicted octanol–water partition coefficient (Wildman–Crippen LogP) is 2.19. The van der Waals surface area contributed by atoms with Crippen LogP contribution in [0, 0.1) is 17.3 Å². The molecule has 0 heterocycles. The average Bonchev–Trinajstić information content (AvgIpc) is 2.99. The normalized spacial score (nSPS) is 9.71. The minimum atomic E-state index is -0.963. The van der Waals surface area contributed by atoms with E-state index in [1.165, 1.54) is 13.8 Å². The Morgan fingerprint density at radius 1 is 0.750 bits per heavy atom. The van der Waals surface area contributed by atoms with Crippen molar-refractivity contribution < 1.29 is 83.6 Å². The molecule has 13 N–H and O–H groups in total. The van der Waals surface area contributed by atoms with Gasteiger partial charge in [0.05, 0.1) is 19.0 Å². The van der Waals surface area contributed by atoms with Crippen molar-refractivity contribution in [2.75, 3.05) is 13.1 Å². The number of nitrogens with two attached hydrogens (primary N) is 5. The first-order valence-electron chi connectivity index (χ1n) is 14.6. The second-order valence-corrected chi connectivity index (χ2v) is 11.4. The molecule has 0 rings (SSSR count). The summed E-state index contributed by atoms with van der Waals surface area (Å²) in [5, 5.41) is 15.8. The Kier molecular flexibility index (Phi) is 82.4. The van der Waals surface area contributed by atoms with Gasteiger partial charge in [-0.1, -0.05) is 91.1 Å². The summed E-state index contributed by atoms with van der Waals surface area (Å²) in [7, 11) is 0. The zero-order valence-electron chi connectivity index (χ0n) is 31.5. The molecule has 18 heteroatoms. The van der Waals surface area contributed by atoms with Gasteiger partial charge in [-0.05, 0) is 69.4 Å². The summed E-state index contributed by atoms with van der Waals surface area (Å²) in [5.74, 6) is -3.86. The number of Topliss-reactive ketones (excluding diaryl/α,β-unsaturated/α-hetero) is 3. The van der Waals surface area contributed by atoms with Crippen molar-refractivity contribution in [3.05, 3.63) is 49.1 Å². The van der Waals surface area contributed by atoms with Gasteiger partial charge < -0.3 is 44.4 Å². The quantitative estimate of drug-likeness (QED) is 0.0706. The molecule has 56 heavy (non-hydrogen) atoms. The van der Waals surface area contributed by atoms with Crippen LogP contribution in [0.3, 0.4) is 0 Å². The number of amides is 2. The van der Waals surface area contributed by atoms with Gasteiger partial charge in [-0.15, -0.1) is 0 Å². The number of carbonyl (C=O) groups excluding carboxylic acids is 6. The molecule has 0 aliphatic heterocycles. The smallest absolute Gasteiger partial charge is 0.870 e. The largest absolute Gasteiger partial charge is 1.00 e. The van der Waals surface area contributed by atoms with E-state index in [4.69, 9.17) is 44.7 Å². The van der Waals surface area contributed by atoms with Gasteiger partial charge in [0.2, 0.25) is 17.1 Å². The average molecular weight is 841 g/mol. The van der Waals surface area contributed by atoms with E-state index in [0.717, 1.165) is 6.08 Å². The maximum absolute atomic E-state index is 11.4. The number of carboxylic acid groups (broad SMARTS) is 2. The first-order valence-corrected chi connectivity index (χ1v) is 15.0. The fourth-order valence-corrected chi connectivity index (χ4v) is 2.17. The van der Waals surface area contributed by atoms with E-state index in [-0.39, 0.29) is 121 Å². The van der Waals surface area contributed by atoms with E-state index in [9.17, 15) is 38.4 Å². The molecule has 0 spiro atoms. The summed E-state index contributed by atoms with van der Waals surface area (Å²) < 4.78 is 0. The Balaban J connectivity index is -0.0000000365. The van der Waals surface area contributed by atoms with Gasteiger partial charge in [0.25, 0.3) is 0 Å². The van der Waals surface area contributed by atoms with Gasteiger partial charge in [0.15, 0.2) is 17.3 Å². The van der Waals surface area contributed by atoms with Gasteiger partial charge in [-0.25, -0.2) is 0 Å². The van der Waals surface area contributed by atoms with Crippen molar-refractivity contribution in [2.24, 2.45) is 45.9 Å². The molecule has 0 radical (unpaired) electrons. The Bertz CT molecular complexity index is 1160. The molecular formula is C38H79ClN5NaO11. The first-order chi connectivity index (χ1) is 22.0. The van der Waals surface area contributed by atoms with Crippen molar-refractivity contribution >= 4 is 57.9 Å². The Morgan fingerprint density at radius 2 is 1.05 bits per heavy atom. The number of rotatable bonds is 15. The Hall–Kier alpha value is -3.35. The molecule has 0 saturated heterocycles. The maximum Gasteiger partial charge on any atom is 1.00 e. The van der Waals surface area contributed by atoms with Crippen molar-refractivity contribution in [1.82, 2.24) is 0 Å². The van der Waals surface area contributed by atoms with Gasteiger partial charge in [-0.3, -0.25) is 38.4 Å². The molecule has 3 unspecified atom stereocenters. The Labute approximate surface area is 365 Å². The van der Waals surface area contributed by atoms with Crippen LogP contribution in [0.2, 0.25) is 0 Å². The number of allylic oxidation sites excluding steroid dienone is 2. The third-order valence-corrected chi connectivity index (χ3v) is 5.89. The second kappa shape index (κ2) is 51.6. The van der Waals surface area contributed by atoms with E-state index in [1.807, 2.05) is 6.92 Å². The third kappa shape index (κ3) is 65.5. The number of hydrogen-bond acceptors (Lipinski definition) is 12. The van der Waals surface area contributed by atoms with Crippen LogP contribution in [-0.4, -0.2) is 81.2 Å². The molecule has 2 amide bonds. The third-order valence-electron chi connectivity index (χ3n) is 5.57. The maximum atomic E-state index is 11.4. The fourth-order valence-electron chi connectivity index (χ4n) is 2.17. The summed E-state index contributed by atoms with van der Waals surface area (Å²) >= 11 is 4.87. The fraction of sp³-hybridized carbons (Fsp3) is 0.579. The van der Waals surface area contributed by atoms with Crippen LogP contribution in [0.1, 0.15) is 112 Å². The topological polar surface area (TPSA) is 337 Å². The standard InChI is InChI=1S/C10H20N2O2.C8H12O3.C5H9NO.C4H5ClO.C3H7NO2.C3H5NO.5CH4.Na.H2O/c1-4-7(9(12)14)5-10(2,3)8(13)6-11;1-5(2)7(9)4-6(3)8(10)11;1-4(2)5(7)3-6;1-3(2)4(5)6;1-2(4)3(5)6;1-2-3(4)5;;;;;;;/h7H,4-6,11H2,1-3H3,(H2,12,14);6H,1,4H2,2-3H3,(H,10,11);1,3,6H2,2H3;1H2,2H3;2H,4H2,1H3,(H,5,6);2H,1H2,(H2,4,5);5*1H4;;1H2/q;;;;;;;;;;;+1;/p-1. The van der Waals surface area contributed by atoms with Crippen LogP contribution in [0.4, 0.5) is 0 Å². The molecule has 0 saturated carbocycles. The molecule has 16 nitrogen and oxygen atoms in total. The minimum absolute atomic E-state index is 0. The zero-order chi connectivity index (χ0) is 40.8. The van der Waals surface area contributed by atoms with E-state index < -0.39 is 40.5 Å². The number of hydrogen-bond donors (Lipinski definition) is 7. The monoisotopic (exact) mass is 840 g/mol. The summed E-state index contributed by atoms with van der Waals surface area (Å²) in [6.45, 7) is 26.5. The summed E-state index contributed by atoms with van der Waals surface area (Å²) in [6, 6.07) is -0.731. The molecule has 0 aromatic rings. The van der Waals surface area contributed by atoms with E-state index in [1.54, 1.807) is 34.6 Å². The molecule has 330 valence electrons. The molecule has 0 aromatic carbocycles. The van der Waals surface area contributed by atoms with Crippen molar-refractivity contribution in [3.8, 4) is 0 Å². The van der Waals surface area contributed by atoms with Gasteiger partial charge in [-0.2, -0.15) is 0 Å². The summed E-state index contributed by atoms with van der Waals surface area (Å²) in [5.41, 5.74) is 25.6. The number of aliphatic carboxylic acids is 2. The van der Waals surface area contributed by atoms with Gasteiger partial charge in [0, 0.05) is 23.3 Å². The number of carbonyl (C=O) groups is 8. The molecule has 3 atom stereocenters. The SMILES string of the molecule is C.C.C.C.C.C=C(C)C(=O)CC(C)C(=O)O.C=C(C)C(=O)CN.C=C(C)C(=O)Cl.C=CC(N)=O.CC(N)C(=O)O.CCC(CC(C)(C)C(=O)CN)C(N)=O.[Na+].[OH-]. The molecule has 0 aliphatic carbocycles. The van der Waals surface area contributed by atoms with Crippen LogP contribution in [0.25, 0.3) is 0 Å². The zero-order valence-corrected chi connectivity index (χ0v) is 34.3. The van der Waals surface area contributed by atoms with Gasteiger partial charge >= 0.3 is 41.5 Å². The number of halogens is 1. The Morgan fingerprint density at radius 3 is 1.18 bits per heavy atom. The van der Waals surface area contributed by atoms with Crippen LogP contribution in [-0.2, 0) is 38.4 Å². The predicted molar refractivity (Wildman–Crippen MR) is 227 cm³/mol. The van der Waals surface area contributed by atoms with Crippen LogP contribution >= 0.6 is 11.6 Å². The molecule has 0 fully saturated rings. The van der Waals surface area contributed by atoms with E-state index >= 15 is 0 Å². The van der Waals surface area contributed by atoms with E-state index in [0.29, 0.717) is 29.6 Å². The van der Waals surface area contributed by atoms with Crippen molar-refractivity contribution in [2.45, 2.75) is 118 Å². The number of ketones is 3. The van der Waals surface area contributed by atoms with Crippen molar-refractivity contribution in [1.29, 1.82) is 0 Å². The summed E-state index contributed by atoms with van der Waals surface area (Å²) in [4.78, 5) is 82.7. The van der Waals surface area contributed by atoms with Gasteiger partial charge in [0.1, 0.15) is 6.04 Å². The molecule has 0 aromatic heterocycles. The van der Waals surface area contributed by atoms with Crippen LogP contribution in [0.15, 0.2) is 49.1 Å².